The third-order valence-corrected chi connectivity index (χ3v) is 3.34. The van der Waals surface area contributed by atoms with Gasteiger partial charge in [0.1, 0.15) is 5.82 Å². The molecule has 96 valence electrons. The van der Waals surface area contributed by atoms with Gasteiger partial charge in [0.15, 0.2) is 0 Å². The summed E-state index contributed by atoms with van der Waals surface area (Å²) < 4.78 is 2.07. The highest BCUT2D eigenvalue weighted by atomic mass is 15.0. The van der Waals surface area contributed by atoms with Crippen molar-refractivity contribution in [3.63, 3.8) is 0 Å². The molecule has 3 heteroatoms. The highest BCUT2D eigenvalue weighted by Crippen LogP contribution is 2.10. The van der Waals surface area contributed by atoms with Gasteiger partial charge in [-0.05, 0) is 31.5 Å². The first-order valence-electron chi connectivity index (χ1n) is 6.40. The van der Waals surface area contributed by atoms with Crippen LogP contribution in [0.3, 0.4) is 0 Å². The molecule has 2 aromatic rings. The first-order valence-corrected chi connectivity index (χ1v) is 6.40. The second-order valence-corrected chi connectivity index (χ2v) is 4.84. The summed E-state index contributed by atoms with van der Waals surface area (Å²) in [7, 11) is 4.03. The molecule has 1 heterocycles. The summed E-state index contributed by atoms with van der Waals surface area (Å²) in [5, 5.41) is 3.26. The van der Waals surface area contributed by atoms with Crippen molar-refractivity contribution in [2.75, 3.05) is 7.05 Å². The van der Waals surface area contributed by atoms with Gasteiger partial charge in [-0.1, -0.05) is 24.3 Å². The van der Waals surface area contributed by atoms with Crippen molar-refractivity contribution >= 4 is 0 Å². The van der Waals surface area contributed by atoms with Crippen molar-refractivity contribution < 1.29 is 0 Å². The molecule has 1 unspecified atom stereocenters. The van der Waals surface area contributed by atoms with E-state index in [2.05, 4.69) is 46.1 Å². The number of nitrogens with zero attached hydrogens (tertiary/aromatic N) is 2. The Labute approximate surface area is 109 Å². The normalized spacial score (nSPS) is 12.6. The van der Waals surface area contributed by atoms with Crippen LogP contribution in [-0.4, -0.2) is 22.6 Å². The van der Waals surface area contributed by atoms with Gasteiger partial charge < -0.3 is 9.88 Å². The van der Waals surface area contributed by atoms with Crippen LogP contribution in [0.1, 0.15) is 23.9 Å². The number of imidazole rings is 1. The Kier molecular flexibility index (Phi) is 4.15. The lowest BCUT2D eigenvalue weighted by Gasteiger charge is -2.10. The van der Waals surface area contributed by atoms with Crippen molar-refractivity contribution in [1.82, 2.24) is 14.9 Å². The van der Waals surface area contributed by atoms with Crippen molar-refractivity contribution in [2.24, 2.45) is 7.05 Å². The van der Waals surface area contributed by atoms with E-state index in [1.54, 1.807) is 0 Å². The zero-order valence-corrected chi connectivity index (χ0v) is 11.4. The number of nitrogens with one attached hydrogen (secondary N) is 1. The highest BCUT2D eigenvalue weighted by Gasteiger charge is 2.03. The summed E-state index contributed by atoms with van der Waals surface area (Å²) in [6.45, 7) is 2.20. The summed E-state index contributed by atoms with van der Waals surface area (Å²) >= 11 is 0. The smallest absolute Gasteiger partial charge is 0.112 e. The molecule has 0 aliphatic carbocycles. The zero-order valence-electron chi connectivity index (χ0n) is 11.4. The third-order valence-electron chi connectivity index (χ3n) is 3.34. The van der Waals surface area contributed by atoms with Gasteiger partial charge in [0.05, 0.1) is 0 Å². The van der Waals surface area contributed by atoms with Gasteiger partial charge in [-0.15, -0.1) is 0 Å². The van der Waals surface area contributed by atoms with E-state index >= 15 is 0 Å². The Balaban J connectivity index is 2.02. The third kappa shape index (κ3) is 3.20. The fourth-order valence-corrected chi connectivity index (χ4v) is 2.00. The van der Waals surface area contributed by atoms with Crippen LogP contribution in [0.2, 0.25) is 0 Å². The van der Waals surface area contributed by atoms with Crippen LogP contribution in [0.15, 0.2) is 36.7 Å². The van der Waals surface area contributed by atoms with E-state index in [4.69, 9.17) is 0 Å². The van der Waals surface area contributed by atoms with Crippen LogP contribution < -0.4 is 5.32 Å². The van der Waals surface area contributed by atoms with Gasteiger partial charge >= 0.3 is 0 Å². The largest absolute Gasteiger partial charge is 0.338 e. The van der Waals surface area contributed by atoms with Gasteiger partial charge in [-0.3, -0.25) is 0 Å². The topological polar surface area (TPSA) is 29.9 Å². The van der Waals surface area contributed by atoms with Gasteiger partial charge in [-0.2, -0.15) is 0 Å². The van der Waals surface area contributed by atoms with Crippen LogP contribution in [0.5, 0.6) is 0 Å². The van der Waals surface area contributed by atoms with Crippen LogP contribution in [0, 0.1) is 0 Å². The number of aryl methyl sites for hydroxylation is 1. The second kappa shape index (κ2) is 5.83. The van der Waals surface area contributed by atoms with E-state index in [9.17, 15) is 0 Å². The Morgan fingerprint density at radius 1 is 1.22 bits per heavy atom. The Morgan fingerprint density at radius 2 is 1.89 bits per heavy atom. The van der Waals surface area contributed by atoms with E-state index in [-0.39, 0.29) is 0 Å². The molecule has 18 heavy (non-hydrogen) atoms. The van der Waals surface area contributed by atoms with E-state index in [0.717, 1.165) is 18.7 Å². The molecule has 0 bridgehead atoms. The molecule has 3 nitrogen and oxygen atoms in total. The number of rotatable bonds is 5. The molecular weight excluding hydrogens is 222 g/mol. The van der Waals surface area contributed by atoms with Crippen LogP contribution >= 0.6 is 0 Å². The van der Waals surface area contributed by atoms with Crippen molar-refractivity contribution in [2.45, 2.75) is 25.8 Å². The Bertz CT molecular complexity index is 485. The SMILES string of the molecule is CNC(C)Cc1ccc(Cc2nccn2C)cc1. The quantitative estimate of drug-likeness (QED) is 0.872. The lowest BCUT2D eigenvalue weighted by molar-refractivity contribution is 0.608. The van der Waals surface area contributed by atoms with Crippen LogP contribution in [-0.2, 0) is 19.9 Å². The molecule has 0 aliphatic heterocycles. The Hall–Kier alpha value is -1.61. The van der Waals surface area contributed by atoms with Crippen LogP contribution in [0.25, 0.3) is 0 Å². The number of benzene rings is 1. The minimum absolute atomic E-state index is 0.519. The fraction of sp³-hybridized carbons (Fsp3) is 0.400. The summed E-state index contributed by atoms with van der Waals surface area (Å²) in [6, 6.07) is 9.35. The predicted molar refractivity (Wildman–Crippen MR) is 74.7 cm³/mol. The van der Waals surface area contributed by atoms with Crippen molar-refractivity contribution in [1.29, 1.82) is 0 Å². The molecule has 0 aliphatic rings. The first-order chi connectivity index (χ1) is 8.69. The summed E-state index contributed by atoms with van der Waals surface area (Å²) in [5.41, 5.74) is 2.69. The highest BCUT2D eigenvalue weighted by molar-refractivity contribution is 5.25. The number of aromatic nitrogens is 2. The second-order valence-electron chi connectivity index (χ2n) is 4.84. The minimum atomic E-state index is 0.519. The lowest BCUT2D eigenvalue weighted by atomic mass is 10.0. The molecule has 0 saturated heterocycles. The van der Waals surface area contributed by atoms with Gasteiger partial charge in [0.25, 0.3) is 0 Å². The summed E-state index contributed by atoms with van der Waals surface area (Å²) in [4.78, 5) is 4.35. The zero-order chi connectivity index (χ0) is 13.0. The number of hydrogen-bond donors (Lipinski definition) is 1. The maximum atomic E-state index is 4.35. The fourth-order valence-electron chi connectivity index (χ4n) is 2.00. The average Bonchev–Trinajstić information content (AvgIpc) is 2.77. The van der Waals surface area contributed by atoms with Gasteiger partial charge in [0.2, 0.25) is 0 Å². The monoisotopic (exact) mass is 243 g/mol. The molecular formula is C15H21N3. The first kappa shape index (κ1) is 12.8. The van der Waals surface area contributed by atoms with Crippen molar-refractivity contribution in [3.8, 4) is 0 Å². The molecule has 0 saturated carbocycles. The van der Waals surface area contributed by atoms with Crippen LogP contribution in [0.4, 0.5) is 0 Å². The lowest BCUT2D eigenvalue weighted by Crippen LogP contribution is -2.23. The average molecular weight is 243 g/mol. The molecule has 1 atom stereocenters. The maximum Gasteiger partial charge on any atom is 0.112 e. The van der Waals surface area contributed by atoms with E-state index in [1.807, 2.05) is 26.5 Å². The molecule has 0 amide bonds. The van der Waals surface area contributed by atoms with Gasteiger partial charge in [-0.25, -0.2) is 4.98 Å². The Morgan fingerprint density at radius 3 is 2.44 bits per heavy atom. The van der Waals surface area contributed by atoms with Crippen molar-refractivity contribution in [3.05, 3.63) is 53.6 Å². The van der Waals surface area contributed by atoms with E-state index < -0.39 is 0 Å². The number of hydrogen-bond acceptors (Lipinski definition) is 2. The molecule has 0 fully saturated rings. The van der Waals surface area contributed by atoms with E-state index in [0.29, 0.717) is 6.04 Å². The predicted octanol–water partition coefficient (Wildman–Crippen LogP) is 2.16. The molecule has 0 spiro atoms. The molecule has 1 aromatic carbocycles. The maximum absolute atomic E-state index is 4.35. The molecule has 1 N–H and O–H groups in total. The summed E-state index contributed by atoms with van der Waals surface area (Å²) in [5.74, 6) is 1.10. The minimum Gasteiger partial charge on any atom is -0.338 e. The molecule has 2 rings (SSSR count). The number of likely N-dealkylation sites (N-methyl/N-ethyl adjacent to an activating group) is 1. The van der Waals surface area contributed by atoms with E-state index in [1.165, 1.54) is 11.1 Å². The standard InChI is InChI=1S/C15H21N3/c1-12(16-2)10-13-4-6-14(7-5-13)11-15-17-8-9-18(15)3/h4-9,12,16H,10-11H2,1-3H3. The summed E-state index contributed by atoms with van der Waals surface area (Å²) in [6.07, 6.45) is 5.79. The molecule has 0 radical (unpaired) electrons. The van der Waals surface area contributed by atoms with Gasteiger partial charge in [0, 0.05) is 31.9 Å². The molecule has 1 aromatic heterocycles.